The zero-order valence-corrected chi connectivity index (χ0v) is 13.0. The number of hydrogen-bond donors (Lipinski definition) is 0. The molecule has 5 heteroatoms. The Labute approximate surface area is 123 Å². The second-order valence-electron chi connectivity index (χ2n) is 4.26. The highest BCUT2D eigenvalue weighted by Crippen LogP contribution is 2.44. The minimum absolute atomic E-state index is 0.0612. The molecule has 0 saturated heterocycles. The molecule has 0 fully saturated rings. The molecule has 0 bridgehead atoms. The van der Waals surface area contributed by atoms with Crippen LogP contribution in [-0.4, -0.2) is 19.8 Å². The molecule has 0 atom stereocenters. The number of rotatable bonds is 5. The summed E-state index contributed by atoms with van der Waals surface area (Å²) in [7, 11) is 0.382. The lowest BCUT2D eigenvalue weighted by Crippen LogP contribution is -2.16. The summed E-state index contributed by atoms with van der Waals surface area (Å²) in [5.41, 5.74) is 0.0612. The minimum Gasteiger partial charge on any atom is -0.497 e. The van der Waals surface area contributed by atoms with Crippen molar-refractivity contribution in [2.45, 2.75) is 0 Å². The Morgan fingerprint density at radius 1 is 0.850 bits per heavy atom. The largest absolute Gasteiger partial charge is 0.497 e. The number of benzene rings is 2. The van der Waals surface area contributed by atoms with Gasteiger partial charge in [-0.2, -0.15) is 0 Å². The minimum atomic E-state index is -2.81. The quantitative estimate of drug-likeness (QED) is 0.628. The van der Waals surface area contributed by atoms with E-state index in [1.165, 1.54) is 0 Å². The van der Waals surface area contributed by atoms with E-state index in [0.717, 1.165) is 22.1 Å². The molecule has 20 heavy (non-hydrogen) atoms. The van der Waals surface area contributed by atoms with Crippen LogP contribution in [0.4, 0.5) is 0 Å². The van der Waals surface area contributed by atoms with Gasteiger partial charge in [0.25, 0.3) is 0 Å². The van der Waals surface area contributed by atoms with Crippen LogP contribution in [0.1, 0.15) is 0 Å². The van der Waals surface area contributed by atoms with Gasteiger partial charge in [0, 0.05) is 10.6 Å². The molecule has 2 aromatic carbocycles. The van der Waals surface area contributed by atoms with E-state index in [1.54, 1.807) is 62.8 Å². The molecule has 2 rings (SSSR count). The van der Waals surface area contributed by atoms with Gasteiger partial charge < -0.3 is 14.0 Å². The number of ether oxygens (including phenoxy) is 2. The molecule has 0 saturated carbocycles. The maximum atomic E-state index is 13.2. The standard InChI is InChI=1S/C15H16ClO3P/c1-18-12-3-7-14(8-4-12)20(17,11-16)15-9-5-13(19-2)6-10-15/h3-10H,11H2,1-2H3. The summed E-state index contributed by atoms with van der Waals surface area (Å²) >= 11 is 6.00. The highest BCUT2D eigenvalue weighted by molar-refractivity contribution is 7.79. The lowest BCUT2D eigenvalue weighted by atomic mass is 10.3. The third-order valence-corrected chi connectivity index (χ3v) is 6.76. The van der Waals surface area contributed by atoms with E-state index in [1.807, 2.05) is 0 Å². The summed E-state index contributed by atoms with van der Waals surface area (Å²) < 4.78 is 23.4. The first-order chi connectivity index (χ1) is 9.63. The van der Waals surface area contributed by atoms with Gasteiger partial charge in [-0.15, -0.1) is 11.6 Å². The Bertz CT molecular complexity index is 557. The van der Waals surface area contributed by atoms with Crippen LogP contribution < -0.4 is 20.1 Å². The van der Waals surface area contributed by atoms with Gasteiger partial charge in [0.15, 0.2) is 7.14 Å². The Morgan fingerprint density at radius 2 is 1.20 bits per heavy atom. The Balaban J connectivity index is 2.42. The monoisotopic (exact) mass is 310 g/mol. The smallest absolute Gasteiger partial charge is 0.157 e. The van der Waals surface area contributed by atoms with Gasteiger partial charge in [-0.05, 0) is 48.5 Å². The molecular weight excluding hydrogens is 295 g/mol. The van der Waals surface area contributed by atoms with Crippen molar-refractivity contribution in [2.75, 3.05) is 19.8 Å². The Hall–Kier alpha value is -1.44. The van der Waals surface area contributed by atoms with E-state index < -0.39 is 7.14 Å². The van der Waals surface area contributed by atoms with Crippen molar-refractivity contribution in [3.8, 4) is 11.5 Å². The lowest BCUT2D eigenvalue weighted by molar-refractivity contribution is 0.415. The zero-order chi connectivity index (χ0) is 14.6. The Morgan fingerprint density at radius 3 is 1.45 bits per heavy atom. The molecule has 0 aliphatic rings. The molecule has 0 N–H and O–H groups in total. The normalized spacial score (nSPS) is 11.2. The van der Waals surface area contributed by atoms with Crippen LogP contribution >= 0.6 is 18.7 Å². The van der Waals surface area contributed by atoms with Crippen molar-refractivity contribution in [1.29, 1.82) is 0 Å². The average Bonchev–Trinajstić information content (AvgIpc) is 2.54. The fourth-order valence-corrected chi connectivity index (χ4v) is 4.60. The van der Waals surface area contributed by atoms with Crippen LogP contribution in [0.2, 0.25) is 0 Å². The number of halogens is 1. The van der Waals surface area contributed by atoms with E-state index >= 15 is 0 Å². The highest BCUT2D eigenvalue weighted by Gasteiger charge is 2.26. The molecule has 0 spiro atoms. The highest BCUT2D eigenvalue weighted by atomic mass is 35.5. The molecule has 106 valence electrons. The summed E-state index contributed by atoms with van der Waals surface area (Å²) in [6, 6.07) is 14.4. The molecule has 2 aromatic rings. The van der Waals surface area contributed by atoms with E-state index in [2.05, 4.69) is 0 Å². The molecular formula is C15H16ClO3P. The van der Waals surface area contributed by atoms with Gasteiger partial charge in [-0.3, -0.25) is 0 Å². The van der Waals surface area contributed by atoms with E-state index in [9.17, 15) is 4.57 Å². The second kappa shape index (κ2) is 6.34. The van der Waals surface area contributed by atoms with Crippen molar-refractivity contribution >= 4 is 29.4 Å². The summed E-state index contributed by atoms with van der Waals surface area (Å²) in [6.45, 7) is 0. The summed E-state index contributed by atoms with van der Waals surface area (Å²) in [4.78, 5) is 0. The van der Waals surface area contributed by atoms with Crippen molar-refractivity contribution in [3.63, 3.8) is 0 Å². The maximum absolute atomic E-state index is 13.2. The second-order valence-corrected chi connectivity index (χ2v) is 7.72. The van der Waals surface area contributed by atoms with Gasteiger partial charge in [0.05, 0.1) is 19.8 Å². The first-order valence-corrected chi connectivity index (χ1v) is 8.51. The van der Waals surface area contributed by atoms with Crippen molar-refractivity contribution < 1.29 is 14.0 Å². The van der Waals surface area contributed by atoms with Crippen LogP contribution in [-0.2, 0) is 4.57 Å². The number of hydrogen-bond acceptors (Lipinski definition) is 3. The third-order valence-electron chi connectivity index (χ3n) is 3.15. The SMILES string of the molecule is COc1ccc(P(=O)(CCl)c2ccc(OC)cc2)cc1. The molecule has 0 heterocycles. The van der Waals surface area contributed by atoms with Gasteiger partial charge in [-0.25, -0.2) is 0 Å². The fourth-order valence-electron chi connectivity index (χ4n) is 1.93. The van der Waals surface area contributed by atoms with Crippen molar-refractivity contribution in [2.24, 2.45) is 0 Å². The average molecular weight is 311 g/mol. The molecule has 0 amide bonds. The van der Waals surface area contributed by atoms with Gasteiger partial charge >= 0.3 is 0 Å². The molecule has 0 aromatic heterocycles. The summed E-state index contributed by atoms with van der Waals surface area (Å²) in [5.74, 6) is 1.45. The summed E-state index contributed by atoms with van der Waals surface area (Å²) in [5, 5.41) is 1.44. The van der Waals surface area contributed by atoms with Crippen molar-refractivity contribution in [3.05, 3.63) is 48.5 Å². The molecule has 0 aliphatic carbocycles. The molecule has 0 unspecified atom stereocenters. The van der Waals surface area contributed by atoms with E-state index in [0.29, 0.717) is 0 Å². The van der Waals surface area contributed by atoms with Crippen molar-refractivity contribution in [1.82, 2.24) is 0 Å². The van der Waals surface area contributed by atoms with Gasteiger partial charge in [-0.1, -0.05) is 0 Å². The third kappa shape index (κ3) is 2.84. The molecule has 0 aliphatic heterocycles. The number of methoxy groups -OCH3 is 2. The summed E-state index contributed by atoms with van der Waals surface area (Å²) in [6.07, 6.45) is 0. The van der Waals surface area contributed by atoms with Crippen LogP contribution in [0.5, 0.6) is 11.5 Å². The van der Waals surface area contributed by atoms with Gasteiger partial charge in [0.1, 0.15) is 11.5 Å². The first-order valence-electron chi connectivity index (χ1n) is 6.08. The van der Waals surface area contributed by atoms with Crippen LogP contribution in [0.15, 0.2) is 48.5 Å². The molecule has 0 radical (unpaired) electrons. The predicted molar refractivity (Wildman–Crippen MR) is 83.6 cm³/mol. The zero-order valence-electron chi connectivity index (χ0n) is 11.4. The van der Waals surface area contributed by atoms with Crippen LogP contribution in [0, 0.1) is 0 Å². The van der Waals surface area contributed by atoms with Gasteiger partial charge in [0.2, 0.25) is 0 Å². The van der Waals surface area contributed by atoms with Crippen LogP contribution in [0.3, 0.4) is 0 Å². The predicted octanol–water partition coefficient (Wildman–Crippen LogP) is 3.21. The Kier molecular flexibility index (Phi) is 4.74. The molecule has 3 nitrogen and oxygen atoms in total. The van der Waals surface area contributed by atoms with E-state index in [-0.39, 0.29) is 5.62 Å². The fraction of sp³-hybridized carbons (Fsp3) is 0.200. The topological polar surface area (TPSA) is 35.5 Å². The van der Waals surface area contributed by atoms with Crippen LogP contribution in [0.25, 0.3) is 0 Å². The van der Waals surface area contributed by atoms with E-state index in [4.69, 9.17) is 21.1 Å². The lowest BCUT2D eigenvalue weighted by Gasteiger charge is -2.17. The number of alkyl halides is 1. The first kappa shape index (κ1) is 15.0. The maximum Gasteiger partial charge on any atom is 0.157 e.